The highest BCUT2D eigenvalue weighted by atomic mass is 19.3. The highest BCUT2D eigenvalue weighted by Gasteiger charge is 2.30. The van der Waals surface area contributed by atoms with Gasteiger partial charge < -0.3 is 10.1 Å². The summed E-state index contributed by atoms with van der Waals surface area (Å²) in [7, 11) is 0. The number of nitro groups is 1. The lowest BCUT2D eigenvalue weighted by atomic mass is 10.1. The number of non-ortho nitro benzene ring substituents is 1. The largest absolute Gasteiger partial charge is 0.457 e. The summed E-state index contributed by atoms with van der Waals surface area (Å²) < 4.78 is 33.3. The Bertz CT molecular complexity index is 1220. The summed E-state index contributed by atoms with van der Waals surface area (Å²) in [5, 5.41) is 17.9. The van der Waals surface area contributed by atoms with Gasteiger partial charge in [0.25, 0.3) is 12.1 Å². The Morgan fingerprint density at radius 2 is 2.00 bits per heavy atom. The number of carbonyl (C=O) groups excluding carboxylic acids is 1. The van der Waals surface area contributed by atoms with Gasteiger partial charge in [0.2, 0.25) is 5.91 Å². The van der Waals surface area contributed by atoms with Crippen LogP contribution in [0.15, 0.2) is 42.5 Å². The monoisotopic (exact) mass is 456 g/mol. The van der Waals surface area contributed by atoms with Crippen LogP contribution < -0.4 is 10.1 Å². The minimum absolute atomic E-state index is 0.119. The van der Waals surface area contributed by atoms with Crippen LogP contribution in [0.4, 0.5) is 20.2 Å². The van der Waals surface area contributed by atoms with E-state index >= 15 is 0 Å². The first kappa shape index (κ1) is 22.4. The van der Waals surface area contributed by atoms with Gasteiger partial charge in [-0.15, -0.1) is 0 Å². The summed E-state index contributed by atoms with van der Waals surface area (Å²) in [6.07, 6.45) is -1.01. The number of halogens is 2. The molecule has 2 aromatic carbocycles. The Kier molecular flexibility index (Phi) is 6.08. The predicted molar refractivity (Wildman–Crippen MR) is 117 cm³/mol. The van der Waals surface area contributed by atoms with Crippen molar-refractivity contribution in [3.05, 3.63) is 75.1 Å². The molecule has 1 amide bonds. The van der Waals surface area contributed by atoms with Crippen molar-refractivity contribution in [2.45, 2.75) is 45.6 Å². The number of aryl methyl sites for hydroxylation is 2. The molecule has 10 heteroatoms. The first-order valence-corrected chi connectivity index (χ1v) is 10.4. The van der Waals surface area contributed by atoms with E-state index in [9.17, 15) is 23.7 Å². The zero-order valence-corrected chi connectivity index (χ0v) is 18.0. The number of nitrogens with one attached hydrogen (secondary N) is 1. The smallest absolute Gasteiger partial charge is 0.282 e. The van der Waals surface area contributed by atoms with Gasteiger partial charge in [-0.3, -0.25) is 19.6 Å². The third-order valence-electron chi connectivity index (χ3n) is 5.30. The maximum atomic E-state index is 13.1. The van der Waals surface area contributed by atoms with E-state index in [2.05, 4.69) is 10.4 Å². The third kappa shape index (κ3) is 5.33. The first-order chi connectivity index (χ1) is 15.7. The van der Waals surface area contributed by atoms with Crippen molar-refractivity contribution in [2.24, 2.45) is 0 Å². The van der Waals surface area contributed by atoms with Gasteiger partial charge in [0.05, 0.1) is 16.7 Å². The van der Waals surface area contributed by atoms with E-state index in [1.807, 2.05) is 32.0 Å². The summed E-state index contributed by atoms with van der Waals surface area (Å²) in [4.78, 5) is 23.5. The van der Waals surface area contributed by atoms with Crippen molar-refractivity contribution < 1.29 is 23.2 Å². The number of aromatic nitrogens is 2. The number of hydrogen-bond acceptors (Lipinski definition) is 5. The number of carbonyl (C=O) groups is 1. The predicted octanol–water partition coefficient (Wildman–Crippen LogP) is 5.65. The summed E-state index contributed by atoms with van der Waals surface area (Å²) in [6.45, 7) is 3.47. The number of hydrogen-bond donors (Lipinski definition) is 1. The van der Waals surface area contributed by atoms with Crippen LogP contribution in [0.3, 0.4) is 0 Å². The second-order valence-electron chi connectivity index (χ2n) is 8.12. The molecule has 33 heavy (non-hydrogen) atoms. The Hall–Kier alpha value is -3.82. The fourth-order valence-corrected chi connectivity index (χ4v) is 3.49. The molecule has 1 aliphatic carbocycles. The molecule has 1 aromatic heterocycles. The summed E-state index contributed by atoms with van der Waals surface area (Å²) >= 11 is 0. The molecule has 3 aromatic rings. The Balaban J connectivity index is 1.55. The van der Waals surface area contributed by atoms with Crippen LogP contribution in [-0.4, -0.2) is 20.6 Å². The van der Waals surface area contributed by atoms with E-state index in [0.717, 1.165) is 24.0 Å². The quantitative estimate of drug-likeness (QED) is 0.349. The first-order valence-electron chi connectivity index (χ1n) is 10.4. The normalized spacial score (nSPS) is 13.2. The molecule has 0 saturated heterocycles. The molecule has 0 bridgehead atoms. The van der Waals surface area contributed by atoms with Crippen molar-refractivity contribution >= 4 is 17.3 Å². The standard InChI is InChI=1S/C23H22F2N4O4/c1-13-3-4-14(2)21(7-13)33-18-9-16(8-17(10-18)29(31)32)26-22(30)12-28-20(15-5-6-15)11-19(27-28)23(24)25/h3-4,7-11,15,23H,5-6,12H2,1-2H3,(H,26,30). The molecule has 172 valence electrons. The average molecular weight is 456 g/mol. The lowest BCUT2D eigenvalue weighted by Gasteiger charge is -2.12. The average Bonchev–Trinajstić information content (AvgIpc) is 3.50. The van der Waals surface area contributed by atoms with Gasteiger partial charge >= 0.3 is 0 Å². The molecular formula is C23H22F2N4O4. The van der Waals surface area contributed by atoms with Crippen LogP contribution in [0.5, 0.6) is 11.5 Å². The van der Waals surface area contributed by atoms with Crippen molar-refractivity contribution in [1.82, 2.24) is 9.78 Å². The van der Waals surface area contributed by atoms with E-state index in [4.69, 9.17) is 4.74 Å². The number of alkyl halides is 2. The third-order valence-corrected chi connectivity index (χ3v) is 5.30. The van der Waals surface area contributed by atoms with E-state index in [-0.39, 0.29) is 35.3 Å². The number of nitro benzene ring substituents is 1. The molecule has 1 aliphatic rings. The van der Waals surface area contributed by atoms with E-state index in [1.54, 1.807) is 0 Å². The number of ether oxygens (including phenoxy) is 1. The van der Waals surface area contributed by atoms with Gasteiger partial charge in [-0.25, -0.2) is 8.78 Å². The Morgan fingerprint density at radius 3 is 2.67 bits per heavy atom. The number of amides is 1. The van der Waals surface area contributed by atoms with Crippen LogP contribution >= 0.6 is 0 Å². The van der Waals surface area contributed by atoms with Gasteiger partial charge in [-0.05, 0) is 49.9 Å². The van der Waals surface area contributed by atoms with Gasteiger partial charge in [0.1, 0.15) is 23.7 Å². The fourth-order valence-electron chi connectivity index (χ4n) is 3.49. The molecular weight excluding hydrogens is 434 g/mol. The fraction of sp³-hybridized carbons (Fsp3) is 0.304. The molecule has 0 atom stereocenters. The van der Waals surface area contributed by atoms with Gasteiger partial charge in [0, 0.05) is 23.7 Å². The van der Waals surface area contributed by atoms with Crippen LogP contribution in [0.25, 0.3) is 0 Å². The zero-order valence-electron chi connectivity index (χ0n) is 18.0. The van der Waals surface area contributed by atoms with Crippen LogP contribution in [0.2, 0.25) is 0 Å². The zero-order chi connectivity index (χ0) is 23.7. The van der Waals surface area contributed by atoms with Crippen LogP contribution in [0, 0.1) is 24.0 Å². The van der Waals surface area contributed by atoms with E-state index in [1.165, 1.54) is 28.9 Å². The lowest BCUT2D eigenvalue weighted by Crippen LogP contribution is -2.21. The Morgan fingerprint density at radius 1 is 1.24 bits per heavy atom. The summed E-state index contributed by atoms with van der Waals surface area (Å²) in [6, 6.07) is 10.9. The molecule has 1 heterocycles. The minimum Gasteiger partial charge on any atom is -0.457 e. The lowest BCUT2D eigenvalue weighted by molar-refractivity contribution is -0.384. The maximum absolute atomic E-state index is 13.1. The number of benzene rings is 2. The van der Waals surface area contributed by atoms with Crippen molar-refractivity contribution in [1.29, 1.82) is 0 Å². The molecule has 1 saturated carbocycles. The maximum Gasteiger partial charge on any atom is 0.282 e. The molecule has 0 radical (unpaired) electrons. The molecule has 1 fully saturated rings. The van der Waals surface area contributed by atoms with Gasteiger partial charge in [-0.2, -0.15) is 5.10 Å². The van der Waals surface area contributed by atoms with Crippen LogP contribution in [-0.2, 0) is 11.3 Å². The SMILES string of the molecule is Cc1ccc(C)c(Oc2cc(NC(=O)Cn3nc(C(F)F)cc3C3CC3)cc([N+](=O)[O-])c2)c1. The highest BCUT2D eigenvalue weighted by Crippen LogP contribution is 2.41. The number of rotatable bonds is 8. The van der Waals surface area contributed by atoms with E-state index < -0.39 is 17.3 Å². The van der Waals surface area contributed by atoms with Crippen LogP contribution in [0.1, 0.15) is 47.7 Å². The van der Waals surface area contributed by atoms with Gasteiger partial charge in [0.15, 0.2) is 0 Å². The van der Waals surface area contributed by atoms with Gasteiger partial charge in [-0.1, -0.05) is 12.1 Å². The molecule has 0 aliphatic heterocycles. The molecule has 0 spiro atoms. The molecule has 0 unspecified atom stereocenters. The Labute approximate surface area is 188 Å². The summed E-state index contributed by atoms with van der Waals surface area (Å²) in [5.74, 6) is 0.302. The van der Waals surface area contributed by atoms with E-state index in [0.29, 0.717) is 11.4 Å². The number of nitrogens with zero attached hydrogens (tertiary/aromatic N) is 3. The van der Waals surface area contributed by atoms with Crippen molar-refractivity contribution in [3.63, 3.8) is 0 Å². The highest BCUT2D eigenvalue weighted by molar-refractivity contribution is 5.91. The number of anilines is 1. The van der Waals surface area contributed by atoms with Crippen molar-refractivity contribution in [2.75, 3.05) is 5.32 Å². The minimum atomic E-state index is -2.73. The van der Waals surface area contributed by atoms with Crippen molar-refractivity contribution in [3.8, 4) is 11.5 Å². The second kappa shape index (κ2) is 8.97. The summed E-state index contributed by atoms with van der Waals surface area (Å²) in [5.41, 5.74) is 1.93. The second-order valence-corrected chi connectivity index (χ2v) is 8.12. The molecule has 1 N–H and O–H groups in total. The topological polar surface area (TPSA) is 99.3 Å². The molecule has 4 rings (SSSR count). The molecule has 8 nitrogen and oxygen atoms in total.